The molecule has 7 nitrogen and oxygen atoms in total. The molecule has 1 aromatic carbocycles. The molecule has 3 heterocycles. The van der Waals surface area contributed by atoms with E-state index in [0.717, 1.165) is 38.7 Å². The Morgan fingerprint density at radius 1 is 1.13 bits per heavy atom. The van der Waals surface area contributed by atoms with Crippen LogP contribution in [0.5, 0.6) is 0 Å². The summed E-state index contributed by atoms with van der Waals surface area (Å²) in [5.41, 5.74) is 2.20. The fourth-order valence-electron chi connectivity index (χ4n) is 4.50. The highest BCUT2D eigenvalue weighted by molar-refractivity contribution is 14.0. The summed E-state index contributed by atoms with van der Waals surface area (Å²) in [5, 5.41) is 3.57. The molecule has 8 heteroatoms. The van der Waals surface area contributed by atoms with Crippen LogP contribution in [0.2, 0.25) is 0 Å². The third-order valence-electron chi connectivity index (χ3n) is 5.98. The lowest BCUT2D eigenvalue weighted by Crippen LogP contribution is -2.57. The first-order valence-electron chi connectivity index (χ1n) is 11.3. The molecule has 1 aromatic rings. The number of carbonyl (C=O) groups is 1. The number of piperidine rings is 1. The zero-order chi connectivity index (χ0) is 21.1. The van der Waals surface area contributed by atoms with Gasteiger partial charge in [0, 0.05) is 45.0 Å². The standard InChI is InChI=1S/C23H35N5O2.HI/c1-23(2,3)30-22(29)27-13-14-28-19(17-27)16-25-21(28)24-15-18-9-5-6-10-20(18)26-11-7-4-8-12-26;/h5-6,9-10,19H,4,7-8,11-17H2,1-3H3,(H,24,25);1H. The van der Waals surface area contributed by atoms with E-state index in [-0.39, 0.29) is 36.1 Å². The topological polar surface area (TPSA) is 60.4 Å². The van der Waals surface area contributed by atoms with Crippen molar-refractivity contribution >= 4 is 41.7 Å². The summed E-state index contributed by atoms with van der Waals surface area (Å²) in [4.78, 5) is 23.8. The molecule has 172 valence electrons. The maximum atomic E-state index is 12.4. The summed E-state index contributed by atoms with van der Waals surface area (Å²) in [7, 11) is 0. The third-order valence-corrected chi connectivity index (χ3v) is 5.98. The second kappa shape index (κ2) is 10.3. The molecular formula is C23H36IN5O2. The molecular weight excluding hydrogens is 505 g/mol. The van der Waals surface area contributed by atoms with Crippen LogP contribution in [0, 0.1) is 0 Å². The number of ether oxygens (including phenoxy) is 1. The Morgan fingerprint density at radius 3 is 2.61 bits per heavy atom. The Hall–Kier alpha value is -1.71. The molecule has 2 saturated heterocycles. The first-order chi connectivity index (χ1) is 14.4. The van der Waals surface area contributed by atoms with Gasteiger partial charge in [0.1, 0.15) is 5.60 Å². The third kappa shape index (κ3) is 5.96. The second-order valence-corrected chi connectivity index (χ2v) is 9.47. The van der Waals surface area contributed by atoms with E-state index in [1.165, 1.54) is 30.5 Å². The minimum Gasteiger partial charge on any atom is -0.444 e. The molecule has 3 aliphatic heterocycles. The molecule has 0 saturated carbocycles. The summed E-state index contributed by atoms with van der Waals surface area (Å²) >= 11 is 0. The van der Waals surface area contributed by atoms with E-state index < -0.39 is 5.60 Å². The van der Waals surface area contributed by atoms with Crippen molar-refractivity contribution in [2.45, 2.75) is 58.2 Å². The van der Waals surface area contributed by atoms with Crippen molar-refractivity contribution < 1.29 is 9.53 Å². The zero-order valence-electron chi connectivity index (χ0n) is 19.0. The number of nitrogens with one attached hydrogen (secondary N) is 1. The predicted octanol–water partition coefficient (Wildman–Crippen LogP) is 3.68. The molecule has 0 radical (unpaired) electrons. The van der Waals surface area contributed by atoms with E-state index in [0.29, 0.717) is 13.1 Å². The Labute approximate surface area is 203 Å². The van der Waals surface area contributed by atoms with Crippen LogP contribution in [0.1, 0.15) is 45.6 Å². The van der Waals surface area contributed by atoms with E-state index in [1.807, 2.05) is 25.7 Å². The number of hydrogen-bond donors (Lipinski definition) is 1. The first-order valence-corrected chi connectivity index (χ1v) is 11.3. The summed E-state index contributed by atoms with van der Waals surface area (Å²) in [5.74, 6) is 0.956. The number of anilines is 1. The van der Waals surface area contributed by atoms with Gasteiger partial charge in [-0.1, -0.05) is 18.2 Å². The van der Waals surface area contributed by atoms with Gasteiger partial charge in [0.05, 0.1) is 12.6 Å². The molecule has 2 fully saturated rings. The Bertz CT molecular complexity index is 788. The van der Waals surface area contributed by atoms with E-state index in [1.54, 1.807) is 0 Å². The van der Waals surface area contributed by atoms with Gasteiger partial charge in [-0.05, 0) is 51.7 Å². The van der Waals surface area contributed by atoms with Crippen LogP contribution in [0.15, 0.2) is 29.3 Å². The van der Waals surface area contributed by atoms with E-state index in [9.17, 15) is 4.79 Å². The van der Waals surface area contributed by atoms with Gasteiger partial charge in [-0.2, -0.15) is 0 Å². The number of guanidine groups is 1. The molecule has 0 aliphatic carbocycles. The maximum Gasteiger partial charge on any atom is 0.410 e. The lowest BCUT2D eigenvalue weighted by Gasteiger charge is -2.39. The summed E-state index contributed by atoms with van der Waals surface area (Å²) in [6.07, 6.45) is 3.67. The van der Waals surface area contributed by atoms with Crippen LogP contribution >= 0.6 is 24.0 Å². The number of para-hydroxylation sites is 1. The number of fused-ring (bicyclic) bond motifs is 1. The van der Waals surface area contributed by atoms with Crippen molar-refractivity contribution in [3.05, 3.63) is 29.8 Å². The lowest BCUT2D eigenvalue weighted by atomic mass is 10.1. The van der Waals surface area contributed by atoms with Gasteiger partial charge in [-0.3, -0.25) is 4.99 Å². The van der Waals surface area contributed by atoms with Gasteiger partial charge in [-0.15, -0.1) is 24.0 Å². The number of hydrogen-bond acceptors (Lipinski definition) is 6. The number of aliphatic imine (C=N–C) groups is 1. The number of halogens is 1. The Morgan fingerprint density at radius 2 is 1.87 bits per heavy atom. The number of piperazine rings is 1. The fourth-order valence-corrected chi connectivity index (χ4v) is 4.50. The normalized spacial score (nSPS) is 21.2. The molecule has 1 N–H and O–H groups in total. The summed E-state index contributed by atoms with van der Waals surface area (Å²) in [6, 6.07) is 8.92. The van der Waals surface area contributed by atoms with Gasteiger partial charge in [0.2, 0.25) is 0 Å². The number of amides is 1. The summed E-state index contributed by atoms with van der Waals surface area (Å²) < 4.78 is 5.54. The molecule has 1 unspecified atom stereocenters. The second-order valence-electron chi connectivity index (χ2n) is 9.47. The van der Waals surface area contributed by atoms with Crippen LogP contribution in [-0.4, -0.2) is 72.8 Å². The van der Waals surface area contributed by atoms with E-state index in [2.05, 4.69) is 39.4 Å². The van der Waals surface area contributed by atoms with Crippen LogP contribution in [0.25, 0.3) is 0 Å². The van der Waals surface area contributed by atoms with Gasteiger partial charge >= 0.3 is 6.09 Å². The van der Waals surface area contributed by atoms with Crippen molar-refractivity contribution in [1.82, 2.24) is 15.1 Å². The van der Waals surface area contributed by atoms with E-state index >= 15 is 0 Å². The average molecular weight is 541 g/mol. The smallest absolute Gasteiger partial charge is 0.410 e. The number of benzene rings is 1. The largest absolute Gasteiger partial charge is 0.444 e. The predicted molar refractivity (Wildman–Crippen MR) is 135 cm³/mol. The molecule has 3 aliphatic rings. The van der Waals surface area contributed by atoms with Crippen molar-refractivity contribution in [2.75, 3.05) is 44.2 Å². The zero-order valence-corrected chi connectivity index (χ0v) is 21.3. The summed E-state index contributed by atoms with van der Waals surface area (Å²) in [6.45, 7) is 11.6. The minimum atomic E-state index is -0.463. The molecule has 0 aromatic heterocycles. The number of rotatable bonds is 3. The average Bonchev–Trinajstić information content (AvgIpc) is 3.14. The molecule has 0 bridgehead atoms. The van der Waals surface area contributed by atoms with E-state index in [4.69, 9.17) is 9.73 Å². The Kier molecular flexibility index (Phi) is 7.93. The molecule has 4 rings (SSSR count). The van der Waals surface area contributed by atoms with Crippen LogP contribution in [-0.2, 0) is 11.3 Å². The highest BCUT2D eigenvalue weighted by Gasteiger charge is 2.36. The number of nitrogens with zero attached hydrogens (tertiary/aromatic N) is 4. The van der Waals surface area contributed by atoms with Crippen molar-refractivity contribution in [1.29, 1.82) is 0 Å². The lowest BCUT2D eigenvalue weighted by molar-refractivity contribution is 0.0137. The Balaban J connectivity index is 0.00000272. The quantitative estimate of drug-likeness (QED) is 0.592. The number of carbonyl (C=O) groups excluding carboxylic acids is 1. The maximum absolute atomic E-state index is 12.4. The van der Waals surface area contributed by atoms with Gasteiger partial charge < -0.3 is 24.8 Å². The first kappa shape index (κ1) is 23.9. The minimum absolute atomic E-state index is 0. The highest BCUT2D eigenvalue weighted by Crippen LogP contribution is 2.25. The van der Waals surface area contributed by atoms with Gasteiger partial charge in [0.25, 0.3) is 0 Å². The van der Waals surface area contributed by atoms with Gasteiger partial charge in [-0.25, -0.2) is 4.79 Å². The van der Waals surface area contributed by atoms with Crippen LogP contribution in [0.3, 0.4) is 0 Å². The fraction of sp³-hybridized carbons (Fsp3) is 0.652. The molecule has 1 atom stereocenters. The SMILES string of the molecule is CC(C)(C)OC(=O)N1CCN2C(NCc3ccccc3N3CCCCC3)=NCC2C1.I. The highest BCUT2D eigenvalue weighted by atomic mass is 127. The van der Waals surface area contributed by atoms with Gasteiger partial charge in [0.15, 0.2) is 5.96 Å². The molecule has 0 spiro atoms. The van der Waals surface area contributed by atoms with Crippen LogP contribution in [0.4, 0.5) is 10.5 Å². The monoisotopic (exact) mass is 541 g/mol. The molecule has 31 heavy (non-hydrogen) atoms. The van der Waals surface area contributed by atoms with Crippen molar-refractivity contribution in [3.8, 4) is 0 Å². The van der Waals surface area contributed by atoms with Crippen molar-refractivity contribution in [2.24, 2.45) is 4.99 Å². The molecule has 1 amide bonds. The van der Waals surface area contributed by atoms with Crippen LogP contribution < -0.4 is 10.2 Å². The van der Waals surface area contributed by atoms with Crippen molar-refractivity contribution in [3.63, 3.8) is 0 Å².